The summed E-state index contributed by atoms with van der Waals surface area (Å²) in [5.74, 6) is 0.332. The number of hydrogen-bond acceptors (Lipinski definition) is 5. The highest BCUT2D eigenvalue weighted by Crippen LogP contribution is 2.21. The van der Waals surface area contributed by atoms with Crippen molar-refractivity contribution in [3.05, 3.63) is 52.4 Å². The highest BCUT2D eigenvalue weighted by atomic mass is 35.5. The molecule has 9 heteroatoms. The Morgan fingerprint density at radius 2 is 2.09 bits per heavy atom. The molecule has 3 heterocycles. The predicted molar refractivity (Wildman–Crippen MR) is 79.5 cm³/mol. The van der Waals surface area contributed by atoms with Gasteiger partial charge in [-0.25, -0.2) is 0 Å². The molecular formula is C13H9Cl2N5O2. The van der Waals surface area contributed by atoms with E-state index in [-0.39, 0.29) is 34.2 Å². The molecule has 0 aliphatic heterocycles. The van der Waals surface area contributed by atoms with Crippen molar-refractivity contribution < 1.29 is 9.32 Å². The van der Waals surface area contributed by atoms with E-state index >= 15 is 0 Å². The average molecular weight is 338 g/mol. The van der Waals surface area contributed by atoms with Gasteiger partial charge in [-0.2, -0.15) is 4.98 Å². The van der Waals surface area contributed by atoms with Crippen LogP contribution >= 0.6 is 23.2 Å². The fourth-order valence-electron chi connectivity index (χ4n) is 1.72. The van der Waals surface area contributed by atoms with Gasteiger partial charge in [0.15, 0.2) is 0 Å². The second-order valence-corrected chi connectivity index (χ2v) is 5.06. The molecule has 3 aromatic heterocycles. The van der Waals surface area contributed by atoms with Crippen molar-refractivity contribution in [2.45, 2.75) is 6.54 Å². The topological polar surface area (TPSA) is 96.7 Å². The molecule has 22 heavy (non-hydrogen) atoms. The largest absolute Gasteiger partial charge is 0.342 e. The number of halogens is 2. The first-order valence-corrected chi connectivity index (χ1v) is 6.94. The van der Waals surface area contributed by atoms with Crippen LogP contribution in [-0.2, 0) is 6.54 Å². The molecule has 0 unspecified atom stereocenters. The number of aromatic amines is 1. The molecule has 0 bridgehead atoms. The van der Waals surface area contributed by atoms with E-state index in [1.807, 2.05) is 0 Å². The van der Waals surface area contributed by atoms with Crippen LogP contribution in [-0.4, -0.2) is 26.0 Å². The summed E-state index contributed by atoms with van der Waals surface area (Å²) in [6, 6.07) is 4.96. The molecule has 112 valence electrons. The normalized spacial score (nSPS) is 10.6. The third-order valence-corrected chi connectivity index (χ3v) is 3.47. The number of carbonyl (C=O) groups excluding carboxylic acids is 1. The summed E-state index contributed by atoms with van der Waals surface area (Å²) in [6.45, 7) is 0.0885. The molecular weight excluding hydrogens is 329 g/mol. The second kappa shape index (κ2) is 6.17. The Balaban J connectivity index is 1.65. The maximum Gasteiger partial charge on any atom is 0.268 e. The van der Waals surface area contributed by atoms with Gasteiger partial charge >= 0.3 is 0 Å². The minimum Gasteiger partial charge on any atom is -0.342 e. The molecule has 3 rings (SSSR count). The van der Waals surface area contributed by atoms with E-state index in [1.54, 1.807) is 24.5 Å². The second-order valence-electron chi connectivity index (χ2n) is 4.28. The average Bonchev–Trinajstić information content (AvgIpc) is 3.13. The van der Waals surface area contributed by atoms with Crippen LogP contribution in [0.3, 0.4) is 0 Å². The van der Waals surface area contributed by atoms with Crippen molar-refractivity contribution in [1.82, 2.24) is 25.4 Å². The zero-order chi connectivity index (χ0) is 15.5. The molecule has 0 fully saturated rings. The van der Waals surface area contributed by atoms with Gasteiger partial charge in [0.2, 0.25) is 11.7 Å². The van der Waals surface area contributed by atoms with E-state index in [0.717, 1.165) is 5.56 Å². The summed E-state index contributed by atoms with van der Waals surface area (Å²) in [6.07, 6.45) is 3.26. The monoisotopic (exact) mass is 337 g/mol. The van der Waals surface area contributed by atoms with Crippen molar-refractivity contribution in [2.75, 3.05) is 0 Å². The van der Waals surface area contributed by atoms with Crippen molar-refractivity contribution in [2.24, 2.45) is 0 Å². The van der Waals surface area contributed by atoms with E-state index < -0.39 is 0 Å². The lowest BCUT2D eigenvalue weighted by molar-refractivity contribution is 0.0942. The van der Waals surface area contributed by atoms with Gasteiger partial charge in [-0.1, -0.05) is 28.4 Å². The van der Waals surface area contributed by atoms with Crippen LogP contribution in [0, 0.1) is 0 Å². The summed E-state index contributed by atoms with van der Waals surface area (Å²) >= 11 is 11.5. The molecule has 0 atom stereocenters. The zero-order valence-corrected chi connectivity index (χ0v) is 12.5. The molecule has 0 saturated carbocycles. The summed E-state index contributed by atoms with van der Waals surface area (Å²) in [5.41, 5.74) is 1.03. The third-order valence-electron chi connectivity index (χ3n) is 2.78. The Labute approximate surface area is 134 Å². The molecule has 0 aliphatic rings. The lowest BCUT2D eigenvalue weighted by Gasteiger charge is -1.98. The minimum absolute atomic E-state index is 0.0885. The number of carbonyl (C=O) groups is 1. The Morgan fingerprint density at radius 1 is 1.32 bits per heavy atom. The van der Waals surface area contributed by atoms with Crippen LogP contribution in [0.4, 0.5) is 0 Å². The summed E-state index contributed by atoms with van der Waals surface area (Å²) in [4.78, 5) is 22.7. The van der Waals surface area contributed by atoms with Crippen molar-refractivity contribution >= 4 is 29.1 Å². The maximum absolute atomic E-state index is 11.9. The Hall–Kier alpha value is -2.38. The van der Waals surface area contributed by atoms with E-state index in [1.165, 1.54) is 6.07 Å². The smallest absolute Gasteiger partial charge is 0.268 e. The lowest BCUT2D eigenvalue weighted by atomic mass is 10.2. The van der Waals surface area contributed by atoms with E-state index in [0.29, 0.717) is 5.82 Å². The number of H-pyrrole nitrogens is 1. The standard InChI is InChI=1S/C13H9Cl2N5O2/c14-8-5-9(18-11(8)15)13(21)17-6-10-19-12(20-22-10)7-1-3-16-4-2-7/h1-5,18H,6H2,(H,17,21). The van der Waals surface area contributed by atoms with Crippen LogP contribution in [0.5, 0.6) is 0 Å². The molecule has 1 amide bonds. The number of pyridine rings is 1. The number of rotatable bonds is 4. The summed E-state index contributed by atoms with van der Waals surface area (Å²) < 4.78 is 5.08. The van der Waals surface area contributed by atoms with Crippen LogP contribution in [0.2, 0.25) is 10.2 Å². The van der Waals surface area contributed by atoms with Gasteiger partial charge in [0.25, 0.3) is 5.91 Å². The van der Waals surface area contributed by atoms with Gasteiger partial charge in [0.1, 0.15) is 10.8 Å². The number of aromatic nitrogens is 4. The van der Waals surface area contributed by atoms with E-state index in [2.05, 4.69) is 25.4 Å². The molecule has 3 aromatic rings. The first-order chi connectivity index (χ1) is 10.6. The molecule has 2 N–H and O–H groups in total. The Bertz CT molecular complexity index is 780. The third kappa shape index (κ3) is 3.10. The summed E-state index contributed by atoms with van der Waals surface area (Å²) in [7, 11) is 0. The van der Waals surface area contributed by atoms with Gasteiger partial charge in [-0.15, -0.1) is 0 Å². The molecule has 0 saturated heterocycles. The van der Waals surface area contributed by atoms with Gasteiger partial charge in [0.05, 0.1) is 11.6 Å². The van der Waals surface area contributed by atoms with Crippen molar-refractivity contribution in [1.29, 1.82) is 0 Å². The highest BCUT2D eigenvalue weighted by molar-refractivity contribution is 6.41. The van der Waals surface area contributed by atoms with Crippen LogP contribution in [0.15, 0.2) is 35.1 Å². The Morgan fingerprint density at radius 3 is 2.77 bits per heavy atom. The number of hydrogen-bond donors (Lipinski definition) is 2. The number of amides is 1. The number of nitrogens with zero attached hydrogens (tertiary/aromatic N) is 3. The van der Waals surface area contributed by atoms with Crippen molar-refractivity contribution in [3.63, 3.8) is 0 Å². The quantitative estimate of drug-likeness (QED) is 0.762. The van der Waals surface area contributed by atoms with Crippen LogP contribution in [0.1, 0.15) is 16.4 Å². The minimum atomic E-state index is -0.377. The first kappa shape index (κ1) is 14.6. The maximum atomic E-state index is 11.9. The zero-order valence-electron chi connectivity index (χ0n) is 11.0. The van der Waals surface area contributed by atoms with E-state index in [9.17, 15) is 4.79 Å². The van der Waals surface area contributed by atoms with Gasteiger partial charge in [0, 0.05) is 18.0 Å². The summed E-state index contributed by atoms with van der Waals surface area (Å²) in [5, 5.41) is 6.96. The first-order valence-electron chi connectivity index (χ1n) is 6.18. The lowest BCUT2D eigenvalue weighted by Crippen LogP contribution is -2.23. The van der Waals surface area contributed by atoms with E-state index in [4.69, 9.17) is 27.7 Å². The van der Waals surface area contributed by atoms with Crippen LogP contribution < -0.4 is 5.32 Å². The molecule has 7 nitrogen and oxygen atoms in total. The molecule has 0 aromatic carbocycles. The molecule has 0 spiro atoms. The predicted octanol–water partition coefficient (Wildman–Crippen LogP) is 2.70. The van der Waals surface area contributed by atoms with Gasteiger partial charge in [-0.05, 0) is 18.2 Å². The fourth-order valence-corrected chi connectivity index (χ4v) is 2.04. The van der Waals surface area contributed by atoms with Crippen molar-refractivity contribution in [3.8, 4) is 11.4 Å². The highest BCUT2D eigenvalue weighted by Gasteiger charge is 2.13. The Kier molecular flexibility index (Phi) is 4.08. The fraction of sp³-hybridized carbons (Fsp3) is 0.0769. The van der Waals surface area contributed by atoms with Gasteiger partial charge in [-0.3, -0.25) is 9.78 Å². The van der Waals surface area contributed by atoms with Crippen LogP contribution in [0.25, 0.3) is 11.4 Å². The SMILES string of the molecule is O=C(NCc1nc(-c2ccncc2)no1)c1cc(Cl)c(Cl)[nH]1. The molecule has 0 aliphatic carbocycles. The number of nitrogens with one attached hydrogen (secondary N) is 2. The molecule has 0 radical (unpaired) electrons. The van der Waals surface area contributed by atoms with Gasteiger partial charge < -0.3 is 14.8 Å².